The number of hydrogen-bond donors (Lipinski definition) is 1. The monoisotopic (exact) mass is 393 g/mol. The quantitative estimate of drug-likeness (QED) is 0.695. The normalized spacial score (nSPS) is 21.3. The van der Waals surface area contributed by atoms with Crippen LogP contribution >= 0.6 is 0 Å². The fourth-order valence-electron chi connectivity index (χ4n) is 4.14. The summed E-state index contributed by atoms with van der Waals surface area (Å²) in [7, 11) is -2.01. The van der Waals surface area contributed by atoms with Gasteiger partial charge in [0, 0.05) is 5.92 Å². The highest BCUT2D eigenvalue weighted by Crippen LogP contribution is 2.49. The zero-order chi connectivity index (χ0) is 19.7. The number of sulfonamides is 1. The summed E-state index contributed by atoms with van der Waals surface area (Å²) in [5, 5.41) is 0. The third kappa shape index (κ3) is 3.32. The molecular formula is C23H23NO3S. The minimum atomic E-state index is -3.64. The van der Waals surface area contributed by atoms with E-state index in [4.69, 9.17) is 4.74 Å². The van der Waals surface area contributed by atoms with Crippen molar-refractivity contribution in [1.29, 1.82) is 0 Å². The van der Waals surface area contributed by atoms with E-state index in [1.807, 2.05) is 36.4 Å². The van der Waals surface area contributed by atoms with Gasteiger partial charge in [-0.15, -0.1) is 0 Å². The molecule has 3 atom stereocenters. The maximum atomic E-state index is 13.0. The van der Waals surface area contributed by atoms with Crippen LogP contribution in [0.2, 0.25) is 0 Å². The third-order valence-corrected chi connectivity index (χ3v) is 6.97. The summed E-state index contributed by atoms with van der Waals surface area (Å²) in [5.41, 5.74) is 3.29. The van der Waals surface area contributed by atoms with Crippen LogP contribution in [0.4, 0.5) is 0 Å². The van der Waals surface area contributed by atoms with Gasteiger partial charge in [0.1, 0.15) is 5.75 Å². The van der Waals surface area contributed by atoms with Crippen LogP contribution < -0.4 is 9.46 Å². The smallest absolute Gasteiger partial charge is 0.241 e. The highest BCUT2D eigenvalue weighted by molar-refractivity contribution is 7.89. The van der Waals surface area contributed by atoms with E-state index in [9.17, 15) is 8.42 Å². The molecule has 28 heavy (non-hydrogen) atoms. The molecule has 0 heterocycles. The molecule has 0 saturated heterocycles. The summed E-state index contributed by atoms with van der Waals surface area (Å²) >= 11 is 0. The molecule has 0 spiro atoms. The van der Waals surface area contributed by atoms with E-state index < -0.39 is 10.0 Å². The number of ether oxygens (including phenoxy) is 1. The van der Waals surface area contributed by atoms with Crippen LogP contribution in [0.3, 0.4) is 0 Å². The highest BCUT2D eigenvalue weighted by atomic mass is 32.2. The Balaban J connectivity index is 1.78. The largest absolute Gasteiger partial charge is 0.497 e. The molecule has 144 valence electrons. The number of benzene rings is 3. The average molecular weight is 394 g/mol. The number of methoxy groups -OCH3 is 1. The van der Waals surface area contributed by atoms with Gasteiger partial charge in [-0.3, -0.25) is 0 Å². The van der Waals surface area contributed by atoms with E-state index in [0.717, 1.165) is 16.9 Å². The van der Waals surface area contributed by atoms with Gasteiger partial charge in [0.05, 0.1) is 18.0 Å². The molecule has 0 radical (unpaired) electrons. The van der Waals surface area contributed by atoms with Crippen molar-refractivity contribution >= 4 is 10.0 Å². The Labute approximate surface area is 166 Å². The molecule has 4 nitrogen and oxygen atoms in total. The van der Waals surface area contributed by atoms with Crippen molar-refractivity contribution in [3.8, 4) is 5.75 Å². The molecule has 0 unspecified atom stereocenters. The molecule has 3 aromatic carbocycles. The van der Waals surface area contributed by atoms with Crippen LogP contribution in [0.5, 0.6) is 5.75 Å². The number of nitrogens with one attached hydrogen (secondary N) is 1. The number of hydrogen-bond acceptors (Lipinski definition) is 3. The Morgan fingerprint density at radius 1 is 0.857 bits per heavy atom. The van der Waals surface area contributed by atoms with Crippen molar-refractivity contribution in [3.05, 3.63) is 95.6 Å². The van der Waals surface area contributed by atoms with E-state index in [1.165, 1.54) is 5.56 Å². The first-order valence-corrected chi connectivity index (χ1v) is 10.8. The van der Waals surface area contributed by atoms with Crippen molar-refractivity contribution in [2.75, 3.05) is 7.11 Å². The van der Waals surface area contributed by atoms with Gasteiger partial charge >= 0.3 is 0 Å². The lowest BCUT2D eigenvalue weighted by atomic mass is 9.86. The number of rotatable bonds is 5. The summed E-state index contributed by atoms with van der Waals surface area (Å²) in [6.45, 7) is 2.10. The Kier molecular flexibility index (Phi) is 4.96. The van der Waals surface area contributed by atoms with Crippen molar-refractivity contribution in [2.24, 2.45) is 5.92 Å². The van der Waals surface area contributed by atoms with Crippen molar-refractivity contribution in [1.82, 2.24) is 4.72 Å². The summed E-state index contributed by atoms with van der Waals surface area (Å²) in [5.74, 6) is 0.900. The van der Waals surface area contributed by atoms with Gasteiger partial charge in [-0.1, -0.05) is 61.5 Å². The van der Waals surface area contributed by atoms with E-state index in [1.54, 1.807) is 31.4 Å². The number of fused-ring (bicyclic) bond motifs is 1. The van der Waals surface area contributed by atoms with Crippen LogP contribution in [0.15, 0.2) is 83.8 Å². The van der Waals surface area contributed by atoms with Crippen LogP contribution in [0.25, 0.3) is 0 Å². The van der Waals surface area contributed by atoms with Crippen LogP contribution in [0.1, 0.15) is 35.6 Å². The lowest BCUT2D eigenvalue weighted by Gasteiger charge is -2.23. The maximum Gasteiger partial charge on any atom is 0.241 e. The summed E-state index contributed by atoms with van der Waals surface area (Å²) in [6.07, 6.45) is 0. The first kappa shape index (κ1) is 18.7. The third-order valence-electron chi connectivity index (χ3n) is 5.51. The van der Waals surface area contributed by atoms with Gasteiger partial charge in [0.2, 0.25) is 10.0 Å². The van der Waals surface area contributed by atoms with Gasteiger partial charge in [-0.05, 0) is 46.9 Å². The van der Waals surface area contributed by atoms with E-state index in [0.29, 0.717) is 0 Å². The zero-order valence-electron chi connectivity index (χ0n) is 15.9. The average Bonchev–Trinajstić information content (AvgIpc) is 2.99. The first-order chi connectivity index (χ1) is 13.5. The summed E-state index contributed by atoms with van der Waals surface area (Å²) in [4.78, 5) is 0.273. The topological polar surface area (TPSA) is 55.4 Å². The second-order valence-electron chi connectivity index (χ2n) is 7.15. The second kappa shape index (κ2) is 7.41. The molecule has 5 heteroatoms. The zero-order valence-corrected chi connectivity index (χ0v) is 16.7. The van der Waals surface area contributed by atoms with Crippen molar-refractivity contribution < 1.29 is 13.2 Å². The van der Waals surface area contributed by atoms with Gasteiger partial charge in [-0.2, -0.15) is 0 Å². The SMILES string of the molecule is COc1ccc2c(c1)[C@@H](NS(=O)(=O)c1ccccc1)[C@H](C)[C@H]2c1ccccc1. The lowest BCUT2D eigenvalue weighted by Crippen LogP contribution is -2.31. The Morgan fingerprint density at radius 3 is 2.14 bits per heavy atom. The maximum absolute atomic E-state index is 13.0. The second-order valence-corrected chi connectivity index (χ2v) is 8.87. The molecular weight excluding hydrogens is 370 g/mol. The Bertz CT molecular complexity index is 1070. The minimum Gasteiger partial charge on any atom is -0.497 e. The molecule has 4 rings (SSSR count). The van der Waals surface area contributed by atoms with Crippen molar-refractivity contribution in [3.63, 3.8) is 0 Å². The molecule has 1 aliphatic rings. The van der Waals surface area contributed by atoms with E-state index in [2.05, 4.69) is 29.8 Å². The van der Waals surface area contributed by atoms with Gasteiger partial charge < -0.3 is 4.74 Å². The molecule has 0 fully saturated rings. The fraction of sp³-hybridized carbons (Fsp3) is 0.217. The lowest BCUT2D eigenvalue weighted by molar-refractivity contribution is 0.411. The molecule has 3 aromatic rings. The highest BCUT2D eigenvalue weighted by Gasteiger charge is 2.41. The summed E-state index contributed by atoms with van der Waals surface area (Å²) < 4.78 is 34.3. The first-order valence-electron chi connectivity index (χ1n) is 9.31. The van der Waals surface area contributed by atoms with Crippen LogP contribution in [-0.2, 0) is 10.0 Å². The Morgan fingerprint density at radius 2 is 1.50 bits per heavy atom. The predicted molar refractivity (Wildman–Crippen MR) is 110 cm³/mol. The van der Waals surface area contributed by atoms with E-state index >= 15 is 0 Å². The summed E-state index contributed by atoms with van der Waals surface area (Å²) in [6, 6.07) is 24.4. The molecule has 0 amide bonds. The minimum absolute atomic E-state index is 0.0583. The Hall–Kier alpha value is -2.63. The molecule has 1 aliphatic carbocycles. The molecule has 0 aromatic heterocycles. The van der Waals surface area contributed by atoms with Gasteiger partial charge in [0.15, 0.2) is 0 Å². The van der Waals surface area contributed by atoms with Crippen molar-refractivity contribution in [2.45, 2.75) is 23.8 Å². The van der Waals surface area contributed by atoms with Crippen LogP contribution in [-0.4, -0.2) is 15.5 Å². The standard InChI is InChI=1S/C23H23NO3S/c1-16-22(17-9-5-3-6-10-17)20-14-13-18(27-2)15-21(20)23(16)24-28(25,26)19-11-7-4-8-12-19/h3-16,22-24H,1-2H3/t16-,22+,23+/m1/s1. The van der Waals surface area contributed by atoms with Crippen LogP contribution in [0, 0.1) is 5.92 Å². The molecule has 0 saturated carbocycles. The molecule has 0 aliphatic heterocycles. The van der Waals surface area contributed by atoms with Gasteiger partial charge in [-0.25, -0.2) is 13.1 Å². The fourth-order valence-corrected chi connectivity index (χ4v) is 5.47. The predicted octanol–water partition coefficient (Wildman–Crippen LogP) is 4.50. The molecule has 1 N–H and O–H groups in total. The van der Waals surface area contributed by atoms with E-state index in [-0.39, 0.29) is 22.8 Å². The molecule has 0 bridgehead atoms. The van der Waals surface area contributed by atoms with Gasteiger partial charge in [0.25, 0.3) is 0 Å².